The van der Waals surface area contributed by atoms with Crippen molar-refractivity contribution in [1.29, 1.82) is 0 Å². The van der Waals surface area contributed by atoms with Crippen molar-refractivity contribution in [3.8, 4) is 11.5 Å². The quantitative estimate of drug-likeness (QED) is 0.803. The maximum Gasteiger partial charge on any atom is 0.142 e. The predicted molar refractivity (Wildman–Crippen MR) is 78.1 cm³/mol. The van der Waals surface area contributed by atoms with E-state index in [2.05, 4.69) is 4.98 Å². The van der Waals surface area contributed by atoms with Gasteiger partial charge in [-0.1, -0.05) is 11.6 Å². The Morgan fingerprint density at radius 2 is 1.95 bits per heavy atom. The second-order valence-electron chi connectivity index (χ2n) is 4.57. The number of nitrogens with zero attached hydrogens (tertiary/aromatic N) is 2. The van der Waals surface area contributed by atoms with Crippen LogP contribution in [0.15, 0.2) is 36.4 Å². The lowest BCUT2D eigenvalue weighted by molar-refractivity contribution is 0.268. The Morgan fingerprint density at radius 1 is 1.24 bits per heavy atom. The van der Waals surface area contributed by atoms with Crippen LogP contribution >= 0.6 is 11.6 Å². The molecule has 0 saturated heterocycles. The Balaban J connectivity index is 1.97. The Labute approximate surface area is 125 Å². The van der Waals surface area contributed by atoms with Gasteiger partial charge < -0.3 is 14.4 Å². The molecule has 0 radical (unpaired) electrons. The van der Waals surface area contributed by atoms with Crippen molar-refractivity contribution in [2.45, 2.75) is 6.61 Å². The highest BCUT2D eigenvalue weighted by atomic mass is 35.5. The Bertz CT molecular complexity index is 817. The summed E-state index contributed by atoms with van der Waals surface area (Å²) in [6.07, 6.45) is 0. The normalized spacial score (nSPS) is 11.0. The largest absolute Gasteiger partial charge is 0.457 e. The summed E-state index contributed by atoms with van der Waals surface area (Å²) in [5.41, 5.74) is 1.61. The van der Waals surface area contributed by atoms with Gasteiger partial charge in [0.25, 0.3) is 0 Å². The van der Waals surface area contributed by atoms with Gasteiger partial charge in [0.05, 0.1) is 16.1 Å². The third-order valence-electron chi connectivity index (χ3n) is 3.21. The van der Waals surface area contributed by atoms with E-state index in [0.717, 1.165) is 11.0 Å². The van der Waals surface area contributed by atoms with Gasteiger partial charge >= 0.3 is 0 Å². The van der Waals surface area contributed by atoms with Crippen molar-refractivity contribution < 1.29 is 14.2 Å². The number of aliphatic hydroxyl groups is 1. The first-order valence-electron chi connectivity index (χ1n) is 6.27. The lowest BCUT2D eigenvalue weighted by atomic mass is 10.3. The molecule has 6 heteroatoms. The van der Waals surface area contributed by atoms with E-state index in [-0.39, 0.29) is 11.6 Å². The Kier molecular flexibility index (Phi) is 3.53. The maximum atomic E-state index is 13.1. The summed E-state index contributed by atoms with van der Waals surface area (Å²) in [5, 5.41) is 9.23. The van der Waals surface area contributed by atoms with Crippen LogP contribution in [0.3, 0.4) is 0 Å². The molecule has 0 amide bonds. The first-order valence-corrected chi connectivity index (χ1v) is 6.65. The van der Waals surface area contributed by atoms with E-state index in [9.17, 15) is 9.50 Å². The Morgan fingerprint density at radius 3 is 2.67 bits per heavy atom. The molecule has 0 bridgehead atoms. The summed E-state index contributed by atoms with van der Waals surface area (Å²) in [7, 11) is 1.82. The smallest absolute Gasteiger partial charge is 0.142 e. The van der Waals surface area contributed by atoms with Crippen molar-refractivity contribution in [2.75, 3.05) is 0 Å². The highest BCUT2D eigenvalue weighted by molar-refractivity contribution is 6.30. The van der Waals surface area contributed by atoms with Gasteiger partial charge in [-0.05, 0) is 24.3 Å². The molecule has 2 aromatic carbocycles. The maximum absolute atomic E-state index is 13.1. The van der Waals surface area contributed by atoms with Gasteiger partial charge in [0.2, 0.25) is 0 Å². The number of imidazole rings is 1. The summed E-state index contributed by atoms with van der Waals surface area (Å²) in [4.78, 5) is 4.29. The summed E-state index contributed by atoms with van der Waals surface area (Å²) < 4.78 is 20.6. The van der Waals surface area contributed by atoms with Crippen LogP contribution in [0.5, 0.6) is 11.5 Å². The molecule has 0 saturated carbocycles. The topological polar surface area (TPSA) is 47.3 Å². The van der Waals surface area contributed by atoms with Crippen LogP contribution in [0.2, 0.25) is 5.02 Å². The van der Waals surface area contributed by atoms with Crippen molar-refractivity contribution >= 4 is 22.6 Å². The highest BCUT2D eigenvalue weighted by Crippen LogP contribution is 2.28. The first kappa shape index (κ1) is 13.9. The van der Waals surface area contributed by atoms with Crippen molar-refractivity contribution in [3.63, 3.8) is 0 Å². The van der Waals surface area contributed by atoms with Gasteiger partial charge in [-0.25, -0.2) is 9.37 Å². The average molecular weight is 307 g/mol. The first-order chi connectivity index (χ1) is 10.1. The number of hydrogen-bond acceptors (Lipinski definition) is 3. The summed E-state index contributed by atoms with van der Waals surface area (Å²) in [5.74, 6) is 1.12. The standard InChI is InChI=1S/C15H12ClFN2O2/c1-19-14-7-10(3-5-13(14)18-15(19)8-20)21-9-2-4-12(17)11(16)6-9/h2-7,20H,8H2,1H3. The van der Waals surface area contributed by atoms with Gasteiger partial charge in [-0.2, -0.15) is 0 Å². The lowest BCUT2D eigenvalue weighted by Gasteiger charge is -2.07. The molecule has 0 fully saturated rings. The van der Waals surface area contributed by atoms with Crippen LogP contribution in [-0.2, 0) is 13.7 Å². The van der Waals surface area contributed by atoms with Crippen LogP contribution < -0.4 is 4.74 Å². The number of fused-ring (bicyclic) bond motifs is 1. The highest BCUT2D eigenvalue weighted by Gasteiger charge is 2.09. The number of rotatable bonds is 3. The molecular weight excluding hydrogens is 295 g/mol. The van der Waals surface area contributed by atoms with Gasteiger partial charge in [-0.3, -0.25) is 0 Å². The molecule has 3 aromatic rings. The van der Waals surface area contributed by atoms with Crippen LogP contribution in [0.25, 0.3) is 11.0 Å². The SMILES string of the molecule is Cn1c(CO)nc2ccc(Oc3ccc(F)c(Cl)c3)cc21. The van der Waals surface area contributed by atoms with Crippen molar-refractivity contribution in [1.82, 2.24) is 9.55 Å². The molecule has 4 nitrogen and oxygen atoms in total. The summed E-state index contributed by atoms with van der Waals surface area (Å²) in [6, 6.07) is 9.54. The molecule has 0 unspecified atom stereocenters. The number of aliphatic hydroxyl groups excluding tert-OH is 1. The van der Waals surface area contributed by atoms with Crippen LogP contribution in [0, 0.1) is 5.82 Å². The molecule has 1 aromatic heterocycles. The number of ether oxygens (including phenoxy) is 1. The molecule has 0 atom stereocenters. The minimum Gasteiger partial charge on any atom is -0.457 e. The second-order valence-corrected chi connectivity index (χ2v) is 4.98. The van der Waals surface area contributed by atoms with E-state index < -0.39 is 5.82 Å². The third kappa shape index (κ3) is 2.57. The third-order valence-corrected chi connectivity index (χ3v) is 3.50. The molecule has 108 valence electrons. The second kappa shape index (κ2) is 5.35. The average Bonchev–Trinajstić information content (AvgIpc) is 2.79. The summed E-state index contributed by atoms with van der Waals surface area (Å²) in [6.45, 7) is -0.130. The number of halogens is 2. The molecule has 0 spiro atoms. The summed E-state index contributed by atoms with van der Waals surface area (Å²) >= 11 is 5.73. The molecule has 0 aliphatic carbocycles. The van der Waals surface area contributed by atoms with Crippen LogP contribution in [0.4, 0.5) is 4.39 Å². The van der Waals surface area contributed by atoms with Gasteiger partial charge in [0.1, 0.15) is 29.7 Å². The molecule has 0 aliphatic rings. The van der Waals surface area contributed by atoms with E-state index >= 15 is 0 Å². The van der Waals surface area contributed by atoms with E-state index in [1.54, 1.807) is 22.8 Å². The van der Waals surface area contributed by atoms with Crippen LogP contribution in [0.1, 0.15) is 5.82 Å². The van der Waals surface area contributed by atoms with Gasteiger partial charge in [0, 0.05) is 19.2 Å². The Hall–Kier alpha value is -2.11. The molecule has 0 aliphatic heterocycles. The zero-order chi connectivity index (χ0) is 15.0. The van der Waals surface area contributed by atoms with E-state index in [1.807, 2.05) is 7.05 Å². The molecule has 3 rings (SSSR count). The fourth-order valence-electron chi connectivity index (χ4n) is 2.10. The number of hydrogen-bond donors (Lipinski definition) is 1. The molecule has 1 N–H and O–H groups in total. The zero-order valence-corrected chi connectivity index (χ0v) is 11.9. The van der Waals surface area contributed by atoms with Gasteiger partial charge in [-0.15, -0.1) is 0 Å². The number of aryl methyl sites for hydroxylation is 1. The zero-order valence-electron chi connectivity index (χ0n) is 11.2. The van der Waals surface area contributed by atoms with E-state index in [0.29, 0.717) is 17.3 Å². The van der Waals surface area contributed by atoms with Crippen molar-refractivity contribution in [3.05, 3.63) is 53.1 Å². The molecule has 21 heavy (non-hydrogen) atoms. The fourth-order valence-corrected chi connectivity index (χ4v) is 2.27. The lowest BCUT2D eigenvalue weighted by Crippen LogP contribution is -1.96. The minimum atomic E-state index is -0.487. The van der Waals surface area contributed by atoms with Crippen molar-refractivity contribution in [2.24, 2.45) is 7.05 Å². The number of aromatic nitrogens is 2. The minimum absolute atomic E-state index is 0.0108. The fraction of sp³-hybridized carbons (Fsp3) is 0.133. The molecular formula is C15H12ClFN2O2. The predicted octanol–water partition coefficient (Wildman–Crippen LogP) is 3.65. The van der Waals surface area contributed by atoms with Gasteiger partial charge in [0.15, 0.2) is 0 Å². The van der Waals surface area contributed by atoms with E-state index in [1.165, 1.54) is 18.2 Å². The number of benzene rings is 2. The van der Waals surface area contributed by atoms with E-state index in [4.69, 9.17) is 16.3 Å². The monoisotopic (exact) mass is 306 g/mol. The van der Waals surface area contributed by atoms with Crippen LogP contribution in [-0.4, -0.2) is 14.7 Å². The molecule has 1 heterocycles.